The normalized spacial score (nSPS) is 12.6. The van der Waals surface area contributed by atoms with Gasteiger partial charge in [0.1, 0.15) is 19.3 Å². The lowest BCUT2D eigenvalue weighted by Crippen LogP contribution is -2.48. The first kappa shape index (κ1) is 57.8. The number of hydrogen-bond donors (Lipinski definition) is 3. The van der Waals surface area contributed by atoms with Gasteiger partial charge in [-0.05, 0) is 83.6 Å². The Balaban J connectivity index is 4.93. The molecule has 0 aliphatic carbocycles. The minimum atomic E-state index is -1.29. The van der Waals surface area contributed by atoms with Gasteiger partial charge in [0.2, 0.25) is 0 Å². The second-order valence-corrected chi connectivity index (χ2v) is 16.6. The fourth-order valence-electron chi connectivity index (χ4n) is 7.13. The summed E-state index contributed by atoms with van der Waals surface area (Å²) in [7, 11) is 0. The van der Waals surface area contributed by atoms with Crippen molar-refractivity contribution in [2.75, 3.05) is 32.8 Å². The molecule has 1 unspecified atom stereocenters. The van der Waals surface area contributed by atoms with Crippen LogP contribution >= 0.6 is 0 Å². The average Bonchev–Trinajstić information content (AvgIpc) is 3.22. The molecular formula is C49H88N2O10. The van der Waals surface area contributed by atoms with E-state index in [0.717, 1.165) is 81.9 Å². The van der Waals surface area contributed by atoms with Crippen LogP contribution in [0, 0.1) is 0 Å². The molecule has 0 aliphatic heterocycles. The quantitative estimate of drug-likeness (QED) is 0.0228. The molecule has 0 amide bonds. The zero-order valence-electron chi connectivity index (χ0n) is 38.6. The van der Waals surface area contributed by atoms with Crippen LogP contribution in [-0.2, 0) is 38.2 Å². The molecule has 0 radical (unpaired) electrons. The number of unbranched alkanes of at least 4 members (excludes halogenated alkanes) is 23. The first-order valence-corrected chi connectivity index (χ1v) is 24.3. The van der Waals surface area contributed by atoms with Crippen molar-refractivity contribution >= 4 is 29.8 Å². The number of esters is 3. The molecule has 0 rings (SSSR count). The highest BCUT2D eigenvalue weighted by Gasteiger charge is 2.31. The molecule has 0 aromatic heterocycles. The van der Waals surface area contributed by atoms with Crippen LogP contribution in [-0.4, -0.2) is 90.0 Å². The van der Waals surface area contributed by atoms with Crippen molar-refractivity contribution < 1.29 is 48.4 Å². The number of carbonyl (C=O) groups is 5. The maximum atomic E-state index is 13.3. The number of nitrogens with zero attached hydrogens (tertiary/aromatic N) is 1. The second-order valence-electron chi connectivity index (χ2n) is 16.6. The molecule has 0 aliphatic rings. The third-order valence-electron chi connectivity index (χ3n) is 10.7. The number of nitrogens with two attached hydrogens (primary N) is 1. The average molecular weight is 865 g/mol. The predicted molar refractivity (Wildman–Crippen MR) is 244 cm³/mol. The molecule has 0 fully saturated rings. The van der Waals surface area contributed by atoms with E-state index in [1.807, 2.05) is 0 Å². The Morgan fingerprint density at radius 1 is 0.508 bits per heavy atom. The molecule has 2 atom stereocenters. The highest BCUT2D eigenvalue weighted by molar-refractivity contribution is 5.79. The molecule has 0 saturated heterocycles. The van der Waals surface area contributed by atoms with Crippen molar-refractivity contribution in [2.24, 2.45) is 5.73 Å². The van der Waals surface area contributed by atoms with E-state index >= 15 is 0 Å². The Labute approximate surface area is 370 Å². The fraction of sp³-hybridized carbons (Fsp3) is 0.816. The molecule has 0 bridgehead atoms. The van der Waals surface area contributed by atoms with Gasteiger partial charge in [0.15, 0.2) is 6.10 Å². The summed E-state index contributed by atoms with van der Waals surface area (Å²) in [5, 5.41) is 18.8. The van der Waals surface area contributed by atoms with Crippen molar-refractivity contribution in [3.8, 4) is 0 Å². The van der Waals surface area contributed by atoms with Crippen molar-refractivity contribution in [1.29, 1.82) is 0 Å². The third kappa shape index (κ3) is 39.3. The van der Waals surface area contributed by atoms with E-state index in [9.17, 15) is 34.2 Å². The number of ether oxygens (including phenoxy) is 3. The van der Waals surface area contributed by atoms with E-state index in [2.05, 4.69) is 38.2 Å². The summed E-state index contributed by atoms with van der Waals surface area (Å²) in [4.78, 5) is 63.0. The van der Waals surface area contributed by atoms with Gasteiger partial charge in [0.25, 0.3) is 0 Å². The highest BCUT2D eigenvalue weighted by atomic mass is 16.6. The smallest absolute Gasteiger partial charge is 0.323 e. The van der Waals surface area contributed by atoms with Crippen molar-refractivity contribution in [3.63, 3.8) is 0 Å². The van der Waals surface area contributed by atoms with Crippen LogP contribution in [0.3, 0.4) is 0 Å². The molecule has 61 heavy (non-hydrogen) atoms. The Morgan fingerprint density at radius 3 is 1.33 bits per heavy atom. The van der Waals surface area contributed by atoms with E-state index in [1.54, 1.807) is 0 Å². The molecule has 12 nitrogen and oxygen atoms in total. The maximum absolute atomic E-state index is 13.3. The van der Waals surface area contributed by atoms with E-state index in [0.29, 0.717) is 32.2 Å². The number of hydrogen-bond acceptors (Lipinski definition) is 10. The maximum Gasteiger partial charge on any atom is 0.323 e. The Bertz CT molecular complexity index is 1140. The number of carboxylic acid groups (broad SMARTS) is 2. The molecule has 0 aromatic rings. The largest absolute Gasteiger partial charge is 0.480 e. The van der Waals surface area contributed by atoms with Gasteiger partial charge >= 0.3 is 29.8 Å². The minimum absolute atomic E-state index is 0.126. The monoisotopic (exact) mass is 865 g/mol. The number of carbonyl (C=O) groups excluding carboxylic acids is 3. The van der Waals surface area contributed by atoms with E-state index < -0.39 is 61.7 Å². The Kier molecular flexibility index (Phi) is 41.1. The van der Waals surface area contributed by atoms with Gasteiger partial charge in [-0.25, -0.2) is 0 Å². The molecule has 4 N–H and O–H groups in total. The van der Waals surface area contributed by atoms with Gasteiger partial charge < -0.3 is 30.2 Å². The highest BCUT2D eigenvalue weighted by Crippen LogP contribution is 2.15. The SMILES string of the molecule is CCCCCCCCC=CCCCCCCCC(=O)OC[C@H](COC(=O)C(CCCCN)N(CC(=O)O)CC(=O)O)OC(=O)CCCCCCCC=CCCCCCCCC. The zero-order chi connectivity index (χ0) is 45.0. The van der Waals surface area contributed by atoms with Crippen LogP contribution in [0.1, 0.15) is 213 Å². The molecule has 0 saturated carbocycles. The summed E-state index contributed by atoms with van der Waals surface area (Å²) >= 11 is 0. The standard InChI is InChI=1S/C49H88N2O10/c1-3-5-7-9-11-13-15-17-19-21-23-25-27-29-31-36-47(56)59-41-43(42-60-49(58)44(35-33-34-38-50)51(39-45(52)53)40-46(54)55)61-48(57)37-32-30-28-26-24-22-20-18-16-14-12-10-8-6-4-2/h17-20,43-44H,3-16,21-42,50H2,1-2H3,(H,52,53)(H,54,55)/t43-,44?/m1/s1. The van der Waals surface area contributed by atoms with E-state index in [1.165, 1.54) is 77.0 Å². The van der Waals surface area contributed by atoms with Gasteiger partial charge in [0, 0.05) is 12.8 Å². The summed E-state index contributed by atoms with van der Waals surface area (Å²) in [5.74, 6) is -4.37. The zero-order valence-corrected chi connectivity index (χ0v) is 38.6. The van der Waals surface area contributed by atoms with Crippen LogP contribution in [0.15, 0.2) is 24.3 Å². The van der Waals surface area contributed by atoms with Gasteiger partial charge in [-0.15, -0.1) is 0 Å². The number of rotatable bonds is 45. The lowest BCUT2D eigenvalue weighted by atomic mass is 10.1. The number of allylic oxidation sites excluding steroid dienone is 4. The number of carboxylic acids is 2. The summed E-state index contributed by atoms with van der Waals surface area (Å²) in [6, 6.07) is -1.17. The fourth-order valence-corrected chi connectivity index (χ4v) is 7.13. The summed E-state index contributed by atoms with van der Waals surface area (Å²) in [6.45, 7) is 2.72. The lowest BCUT2D eigenvalue weighted by molar-refractivity contribution is -0.169. The van der Waals surface area contributed by atoms with Crippen LogP contribution < -0.4 is 5.73 Å². The van der Waals surface area contributed by atoms with Crippen LogP contribution in [0.4, 0.5) is 0 Å². The third-order valence-corrected chi connectivity index (χ3v) is 10.7. The molecule has 0 heterocycles. The first-order valence-electron chi connectivity index (χ1n) is 24.3. The van der Waals surface area contributed by atoms with Crippen LogP contribution in [0.25, 0.3) is 0 Å². The van der Waals surface area contributed by atoms with E-state index in [4.69, 9.17) is 19.9 Å². The van der Waals surface area contributed by atoms with Crippen molar-refractivity contribution in [3.05, 3.63) is 24.3 Å². The lowest BCUT2D eigenvalue weighted by Gasteiger charge is -2.28. The van der Waals surface area contributed by atoms with Gasteiger partial charge in [-0.3, -0.25) is 28.9 Å². The predicted octanol–water partition coefficient (Wildman–Crippen LogP) is 11.0. The van der Waals surface area contributed by atoms with Gasteiger partial charge in [-0.2, -0.15) is 0 Å². The summed E-state index contributed by atoms with van der Waals surface area (Å²) < 4.78 is 16.6. The van der Waals surface area contributed by atoms with Crippen LogP contribution in [0.2, 0.25) is 0 Å². The second kappa shape index (κ2) is 43.4. The Morgan fingerprint density at radius 2 is 0.902 bits per heavy atom. The van der Waals surface area contributed by atoms with Crippen molar-refractivity contribution in [1.82, 2.24) is 4.90 Å². The number of aliphatic carboxylic acids is 2. The molecular weight excluding hydrogens is 777 g/mol. The molecule has 12 heteroatoms. The molecule has 0 aromatic carbocycles. The van der Waals surface area contributed by atoms with Crippen LogP contribution in [0.5, 0.6) is 0 Å². The van der Waals surface area contributed by atoms with Gasteiger partial charge in [-0.1, -0.05) is 147 Å². The summed E-state index contributed by atoms with van der Waals surface area (Å²) in [5.41, 5.74) is 5.61. The first-order chi connectivity index (χ1) is 29.6. The van der Waals surface area contributed by atoms with E-state index in [-0.39, 0.29) is 25.9 Å². The topological polar surface area (TPSA) is 183 Å². The Hall–Kier alpha value is -3.25. The van der Waals surface area contributed by atoms with Crippen molar-refractivity contribution in [2.45, 2.75) is 225 Å². The van der Waals surface area contributed by atoms with Gasteiger partial charge in [0.05, 0.1) is 13.1 Å². The molecule has 0 spiro atoms. The minimum Gasteiger partial charge on any atom is -0.480 e. The summed E-state index contributed by atoms with van der Waals surface area (Å²) in [6.07, 6.45) is 39.2. The molecule has 354 valence electrons.